The number of hydrogen-bond acceptors (Lipinski definition) is 2. The van der Waals surface area contributed by atoms with Crippen LogP contribution in [-0.4, -0.2) is 17.9 Å². The van der Waals surface area contributed by atoms with Crippen LogP contribution in [0, 0.1) is 0 Å². The molecule has 1 heterocycles. The molecule has 4 heteroatoms. The third kappa shape index (κ3) is 2.48. The lowest BCUT2D eigenvalue weighted by molar-refractivity contribution is -0.125. The molecule has 4 nitrogen and oxygen atoms in total. The van der Waals surface area contributed by atoms with Gasteiger partial charge in [0.1, 0.15) is 0 Å². The largest absolute Gasteiger partial charge is 0.353 e. The molecule has 2 amide bonds. The van der Waals surface area contributed by atoms with Crippen molar-refractivity contribution >= 4 is 17.5 Å². The molecular weight excluding hydrogens is 240 g/mol. The van der Waals surface area contributed by atoms with Gasteiger partial charge in [0.2, 0.25) is 11.8 Å². The smallest absolute Gasteiger partial charge is 0.232 e. The van der Waals surface area contributed by atoms with E-state index in [2.05, 4.69) is 10.6 Å². The summed E-state index contributed by atoms with van der Waals surface area (Å²) in [6.07, 6.45) is 4.77. The van der Waals surface area contributed by atoms with Crippen molar-refractivity contribution in [2.45, 2.75) is 44.1 Å². The van der Waals surface area contributed by atoms with Gasteiger partial charge in [-0.05, 0) is 24.5 Å². The summed E-state index contributed by atoms with van der Waals surface area (Å²) in [4.78, 5) is 23.9. The molecule has 1 aromatic rings. The molecule has 0 radical (unpaired) electrons. The molecule has 0 spiro atoms. The fourth-order valence-electron chi connectivity index (χ4n) is 3.02. The van der Waals surface area contributed by atoms with Crippen molar-refractivity contribution in [2.24, 2.45) is 0 Å². The van der Waals surface area contributed by atoms with Crippen LogP contribution in [0.3, 0.4) is 0 Å². The number of carbonyl (C=O) groups is 2. The van der Waals surface area contributed by atoms with E-state index in [1.165, 1.54) is 12.8 Å². The van der Waals surface area contributed by atoms with Crippen molar-refractivity contribution in [3.8, 4) is 0 Å². The molecule has 1 aliphatic carbocycles. The molecule has 1 atom stereocenters. The summed E-state index contributed by atoms with van der Waals surface area (Å²) in [5.41, 5.74) is 1.78. The third-order valence-electron chi connectivity index (χ3n) is 4.02. The Balaban J connectivity index is 1.66. The highest BCUT2D eigenvalue weighted by atomic mass is 16.2. The number of anilines is 1. The van der Waals surface area contributed by atoms with E-state index in [0.717, 1.165) is 24.1 Å². The van der Waals surface area contributed by atoms with Gasteiger partial charge < -0.3 is 10.6 Å². The number of hydrogen-bond donors (Lipinski definition) is 2. The fraction of sp³-hybridized carbons (Fsp3) is 0.467. The van der Waals surface area contributed by atoms with E-state index in [4.69, 9.17) is 0 Å². The van der Waals surface area contributed by atoms with Crippen molar-refractivity contribution < 1.29 is 9.59 Å². The molecule has 2 aliphatic rings. The molecule has 1 aliphatic heterocycles. The van der Waals surface area contributed by atoms with Gasteiger partial charge >= 0.3 is 0 Å². The SMILES string of the molecule is O=C(CC1C(=O)Nc2ccccc21)NC1CCCC1. The van der Waals surface area contributed by atoms with E-state index in [-0.39, 0.29) is 24.2 Å². The number of rotatable bonds is 3. The van der Waals surface area contributed by atoms with E-state index in [1.807, 2.05) is 24.3 Å². The average molecular weight is 258 g/mol. The summed E-state index contributed by atoms with van der Waals surface area (Å²) >= 11 is 0. The van der Waals surface area contributed by atoms with Gasteiger partial charge in [0.15, 0.2) is 0 Å². The van der Waals surface area contributed by atoms with Crippen molar-refractivity contribution in [1.29, 1.82) is 0 Å². The summed E-state index contributed by atoms with van der Waals surface area (Å²) in [7, 11) is 0. The molecule has 100 valence electrons. The van der Waals surface area contributed by atoms with Gasteiger partial charge in [0.25, 0.3) is 0 Å². The zero-order valence-corrected chi connectivity index (χ0v) is 10.8. The van der Waals surface area contributed by atoms with Crippen LogP contribution in [-0.2, 0) is 9.59 Å². The van der Waals surface area contributed by atoms with Crippen LogP contribution in [0.4, 0.5) is 5.69 Å². The standard InChI is InChI=1S/C15H18N2O2/c18-14(16-10-5-1-2-6-10)9-12-11-7-3-4-8-13(11)17-15(12)19/h3-4,7-8,10,12H,1-2,5-6,9H2,(H,16,18)(H,17,19). The van der Waals surface area contributed by atoms with Gasteiger partial charge in [0, 0.05) is 18.2 Å². The molecule has 0 saturated heterocycles. The molecule has 0 bridgehead atoms. The van der Waals surface area contributed by atoms with Gasteiger partial charge in [0.05, 0.1) is 5.92 Å². The number of carbonyl (C=O) groups excluding carboxylic acids is 2. The van der Waals surface area contributed by atoms with Crippen molar-refractivity contribution in [1.82, 2.24) is 5.32 Å². The van der Waals surface area contributed by atoms with Gasteiger partial charge in [-0.1, -0.05) is 31.0 Å². The van der Waals surface area contributed by atoms with Crippen LogP contribution >= 0.6 is 0 Å². The summed E-state index contributed by atoms with van der Waals surface area (Å²) in [5.74, 6) is -0.413. The third-order valence-corrected chi connectivity index (χ3v) is 4.02. The minimum atomic E-state index is -0.336. The number of nitrogens with one attached hydrogen (secondary N) is 2. The molecular formula is C15H18N2O2. The second-order valence-corrected chi connectivity index (χ2v) is 5.38. The molecule has 1 unspecified atom stereocenters. The number of fused-ring (bicyclic) bond motifs is 1. The molecule has 19 heavy (non-hydrogen) atoms. The first-order valence-corrected chi connectivity index (χ1v) is 6.93. The first-order valence-electron chi connectivity index (χ1n) is 6.93. The van der Waals surface area contributed by atoms with Gasteiger partial charge in [-0.3, -0.25) is 9.59 Å². The monoisotopic (exact) mass is 258 g/mol. The highest BCUT2D eigenvalue weighted by Gasteiger charge is 2.32. The van der Waals surface area contributed by atoms with Crippen LogP contribution in [0.1, 0.15) is 43.6 Å². The Morgan fingerprint density at radius 3 is 2.79 bits per heavy atom. The summed E-state index contributed by atoms with van der Waals surface area (Å²) in [5, 5.41) is 5.87. The predicted molar refractivity (Wildman–Crippen MR) is 72.8 cm³/mol. The number of amides is 2. The van der Waals surface area contributed by atoms with Crippen LogP contribution in [0.5, 0.6) is 0 Å². The number of para-hydroxylation sites is 1. The maximum atomic E-state index is 12.0. The molecule has 3 rings (SSSR count). The Hall–Kier alpha value is -1.84. The van der Waals surface area contributed by atoms with Crippen LogP contribution in [0.25, 0.3) is 0 Å². The highest BCUT2D eigenvalue weighted by molar-refractivity contribution is 6.04. The predicted octanol–water partition coefficient (Wildman–Crippen LogP) is 2.17. The Kier molecular flexibility index (Phi) is 3.23. The summed E-state index contributed by atoms with van der Waals surface area (Å²) in [6, 6.07) is 7.90. The van der Waals surface area contributed by atoms with E-state index < -0.39 is 0 Å². The number of benzene rings is 1. The zero-order valence-electron chi connectivity index (χ0n) is 10.8. The van der Waals surface area contributed by atoms with E-state index >= 15 is 0 Å². The Labute approximate surface area is 112 Å². The molecule has 1 fully saturated rings. The highest BCUT2D eigenvalue weighted by Crippen LogP contribution is 2.34. The second-order valence-electron chi connectivity index (χ2n) is 5.38. The quantitative estimate of drug-likeness (QED) is 0.873. The van der Waals surface area contributed by atoms with Crippen molar-refractivity contribution in [3.63, 3.8) is 0 Å². The maximum Gasteiger partial charge on any atom is 0.232 e. The molecule has 1 aromatic carbocycles. The van der Waals surface area contributed by atoms with Crippen LogP contribution in [0.2, 0.25) is 0 Å². The van der Waals surface area contributed by atoms with Crippen molar-refractivity contribution in [3.05, 3.63) is 29.8 Å². The normalized spacial score (nSPS) is 22.1. The van der Waals surface area contributed by atoms with Crippen molar-refractivity contribution in [2.75, 3.05) is 5.32 Å². The Morgan fingerprint density at radius 1 is 1.26 bits per heavy atom. The average Bonchev–Trinajstić information content (AvgIpc) is 2.99. The Bertz CT molecular complexity index is 507. The second kappa shape index (κ2) is 5.03. The van der Waals surface area contributed by atoms with Crippen LogP contribution in [0.15, 0.2) is 24.3 Å². The van der Waals surface area contributed by atoms with Gasteiger partial charge in [-0.25, -0.2) is 0 Å². The molecule has 1 saturated carbocycles. The molecule has 0 aromatic heterocycles. The lowest BCUT2D eigenvalue weighted by atomic mass is 9.97. The fourth-order valence-corrected chi connectivity index (χ4v) is 3.02. The van der Waals surface area contributed by atoms with Gasteiger partial charge in [-0.15, -0.1) is 0 Å². The maximum absolute atomic E-state index is 12.0. The van der Waals surface area contributed by atoms with E-state index in [9.17, 15) is 9.59 Å². The van der Waals surface area contributed by atoms with Gasteiger partial charge in [-0.2, -0.15) is 0 Å². The Morgan fingerprint density at radius 2 is 2.00 bits per heavy atom. The van der Waals surface area contributed by atoms with E-state index in [1.54, 1.807) is 0 Å². The lowest BCUT2D eigenvalue weighted by Crippen LogP contribution is -2.34. The topological polar surface area (TPSA) is 58.2 Å². The lowest BCUT2D eigenvalue weighted by Gasteiger charge is -2.14. The minimum absolute atomic E-state index is 0.0104. The zero-order chi connectivity index (χ0) is 13.2. The first-order chi connectivity index (χ1) is 9.24. The van der Waals surface area contributed by atoms with E-state index in [0.29, 0.717) is 6.04 Å². The first kappa shape index (κ1) is 12.2. The van der Waals surface area contributed by atoms with Crippen LogP contribution < -0.4 is 10.6 Å². The minimum Gasteiger partial charge on any atom is -0.353 e. The summed E-state index contributed by atoms with van der Waals surface area (Å²) < 4.78 is 0. The summed E-state index contributed by atoms with van der Waals surface area (Å²) in [6.45, 7) is 0. The molecule has 2 N–H and O–H groups in total.